The largest absolute Gasteiger partial charge is 0.356 e. The summed E-state index contributed by atoms with van der Waals surface area (Å²) in [6.45, 7) is 5.23. The van der Waals surface area contributed by atoms with Crippen LogP contribution in [0.2, 0.25) is 0 Å². The molecule has 8 nitrogen and oxygen atoms in total. The van der Waals surface area contributed by atoms with Gasteiger partial charge in [-0.15, -0.1) is 0 Å². The Hall–Kier alpha value is -3.16. The highest BCUT2D eigenvalue weighted by molar-refractivity contribution is 5.87. The van der Waals surface area contributed by atoms with E-state index in [1.165, 1.54) is 0 Å². The first-order valence-electron chi connectivity index (χ1n) is 9.83. The van der Waals surface area contributed by atoms with E-state index in [9.17, 15) is 4.79 Å². The molecule has 0 amide bonds. The van der Waals surface area contributed by atoms with Crippen molar-refractivity contribution in [2.75, 3.05) is 18.0 Å². The van der Waals surface area contributed by atoms with Crippen LogP contribution in [0, 0.1) is 5.92 Å². The summed E-state index contributed by atoms with van der Waals surface area (Å²) in [6.07, 6.45) is 7.32. The zero-order chi connectivity index (χ0) is 19.1. The van der Waals surface area contributed by atoms with E-state index in [0.717, 1.165) is 60.5 Å². The third kappa shape index (κ3) is 2.67. The zero-order valence-corrected chi connectivity index (χ0v) is 15.9. The van der Waals surface area contributed by atoms with Gasteiger partial charge in [0.25, 0.3) is 0 Å². The Morgan fingerprint density at radius 2 is 2.00 bits per heavy atom. The standard InChI is InChI=1S/C20H23N7O/c1-2-26-16-4-3-8-22-19(16)27(20(26)28)12-14-6-10-25(11-7-14)18-15-5-9-21-17(15)23-13-24-18/h3-5,8-9,13-14H,2,6-7,10-12H2,1H3,(H,21,23,24). The van der Waals surface area contributed by atoms with Gasteiger partial charge in [0.15, 0.2) is 5.65 Å². The molecular weight excluding hydrogens is 354 g/mol. The van der Waals surface area contributed by atoms with Crippen molar-refractivity contribution in [2.24, 2.45) is 5.92 Å². The molecule has 0 saturated carbocycles. The van der Waals surface area contributed by atoms with Crippen LogP contribution in [0.3, 0.4) is 0 Å². The van der Waals surface area contributed by atoms with E-state index in [1.807, 2.05) is 35.9 Å². The minimum atomic E-state index is 0.0449. The maximum absolute atomic E-state index is 12.9. The minimum absolute atomic E-state index is 0.0449. The van der Waals surface area contributed by atoms with Crippen molar-refractivity contribution in [1.82, 2.24) is 29.1 Å². The Kier molecular flexibility index (Phi) is 4.11. The second kappa shape index (κ2) is 6.78. The Morgan fingerprint density at radius 3 is 2.82 bits per heavy atom. The fourth-order valence-corrected chi connectivity index (χ4v) is 4.31. The maximum atomic E-state index is 12.9. The van der Waals surface area contributed by atoms with Crippen molar-refractivity contribution in [3.8, 4) is 0 Å². The molecule has 5 rings (SSSR count). The van der Waals surface area contributed by atoms with Gasteiger partial charge in [-0.05, 0) is 43.9 Å². The van der Waals surface area contributed by atoms with Crippen molar-refractivity contribution < 1.29 is 0 Å². The van der Waals surface area contributed by atoms with Gasteiger partial charge in [-0.3, -0.25) is 9.13 Å². The van der Waals surface area contributed by atoms with E-state index in [0.29, 0.717) is 12.5 Å². The van der Waals surface area contributed by atoms with Crippen molar-refractivity contribution in [3.63, 3.8) is 0 Å². The summed E-state index contributed by atoms with van der Waals surface area (Å²) in [5, 5.41) is 1.06. The number of pyridine rings is 1. The fraction of sp³-hybridized carbons (Fsp3) is 0.400. The SMILES string of the molecule is CCn1c(=O)n(CC2CCN(c3ncnc4[nH]ccc34)CC2)c2ncccc21. The van der Waals surface area contributed by atoms with Gasteiger partial charge < -0.3 is 9.88 Å². The third-order valence-electron chi connectivity index (χ3n) is 5.78. The van der Waals surface area contributed by atoms with Gasteiger partial charge in [0.1, 0.15) is 17.8 Å². The number of piperidine rings is 1. The van der Waals surface area contributed by atoms with Crippen LogP contribution in [0.1, 0.15) is 19.8 Å². The lowest BCUT2D eigenvalue weighted by Gasteiger charge is -2.33. The predicted octanol–water partition coefficient (Wildman–Crippen LogP) is 2.41. The summed E-state index contributed by atoms with van der Waals surface area (Å²) in [5.74, 6) is 1.45. The molecule has 8 heteroatoms. The summed E-state index contributed by atoms with van der Waals surface area (Å²) >= 11 is 0. The number of fused-ring (bicyclic) bond motifs is 2. The number of rotatable bonds is 4. The molecule has 4 aromatic rings. The first kappa shape index (κ1) is 17.0. The Balaban J connectivity index is 1.36. The number of H-pyrrole nitrogens is 1. The first-order valence-corrected chi connectivity index (χ1v) is 9.83. The highest BCUT2D eigenvalue weighted by Crippen LogP contribution is 2.27. The van der Waals surface area contributed by atoms with Crippen molar-refractivity contribution in [2.45, 2.75) is 32.9 Å². The van der Waals surface area contributed by atoms with Crippen molar-refractivity contribution >= 4 is 28.0 Å². The van der Waals surface area contributed by atoms with Crippen LogP contribution in [0.25, 0.3) is 22.2 Å². The molecule has 0 aromatic carbocycles. The summed E-state index contributed by atoms with van der Waals surface area (Å²) in [4.78, 5) is 31.6. The fourth-order valence-electron chi connectivity index (χ4n) is 4.31. The molecule has 0 bridgehead atoms. The van der Waals surface area contributed by atoms with Crippen LogP contribution in [0.4, 0.5) is 5.82 Å². The Morgan fingerprint density at radius 1 is 1.14 bits per heavy atom. The van der Waals surface area contributed by atoms with Crippen LogP contribution in [-0.4, -0.2) is 42.2 Å². The summed E-state index contributed by atoms with van der Waals surface area (Å²) in [5.41, 5.74) is 2.63. The topological polar surface area (TPSA) is 84.6 Å². The van der Waals surface area contributed by atoms with Crippen LogP contribution in [-0.2, 0) is 13.1 Å². The number of aryl methyl sites for hydroxylation is 1. The van der Waals surface area contributed by atoms with E-state index in [-0.39, 0.29) is 5.69 Å². The van der Waals surface area contributed by atoms with Gasteiger partial charge >= 0.3 is 5.69 Å². The highest BCUT2D eigenvalue weighted by Gasteiger charge is 2.24. The molecule has 0 aliphatic carbocycles. The lowest BCUT2D eigenvalue weighted by Crippen LogP contribution is -2.37. The monoisotopic (exact) mass is 377 g/mol. The lowest BCUT2D eigenvalue weighted by molar-refractivity contribution is 0.354. The molecule has 1 aliphatic rings. The van der Waals surface area contributed by atoms with Gasteiger partial charge in [-0.25, -0.2) is 19.7 Å². The van der Waals surface area contributed by atoms with Crippen LogP contribution in [0.5, 0.6) is 0 Å². The molecule has 0 atom stereocenters. The van der Waals surface area contributed by atoms with Crippen molar-refractivity contribution in [3.05, 3.63) is 47.4 Å². The van der Waals surface area contributed by atoms with Crippen LogP contribution < -0.4 is 10.6 Å². The molecular formula is C20H23N7O. The first-order chi connectivity index (χ1) is 13.8. The number of nitrogens with zero attached hydrogens (tertiary/aromatic N) is 6. The van der Waals surface area contributed by atoms with E-state index in [1.54, 1.807) is 17.1 Å². The predicted molar refractivity (Wildman–Crippen MR) is 108 cm³/mol. The third-order valence-corrected chi connectivity index (χ3v) is 5.78. The highest BCUT2D eigenvalue weighted by atomic mass is 16.1. The molecule has 28 heavy (non-hydrogen) atoms. The quantitative estimate of drug-likeness (QED) is 0.590. The normalized spacial score (nSPS) is 15.7. The molecule has 1 N–H and O–H groups in total. The van der Waals surface area contributed by atoms with E-state index in [2.05, 4.69) is 24.8 Å². The molecule has 0 radical (unpaired) electrons. The van der Waals surface area contributed by atoms with E-state index in [4.69, 9.17) is 0 Å². The number of imidazole rings is 1. The number of hydrogen-bond acceptors (Lipinski definition) is 5. The second-order valence-corrected chi connectivity index (χ2v) is 7.35. The van der Waals surface area contributed by atoms with Crippen LogP contribution in [0.15, 0.2) is 41.7 Å². The number of aromatic nitrogens is 6. The van der Waals surface area contributed by atoms with E-state index < -0.39 is 0 Å². The van der Waals surface area contributed by atoms with Gasteiger partial charge in [0, 0.05) is 38.6 Å². The second-order valence-electron chi connectivity index (χ2n) is 7.35. The number of aromatic amines is 1. The molecule has 5 heterocycles. The Bertz CT molecular complexity index is 1180. The maximum Gasteiger partial charge on any atom is 0.330 e. The summed E-state index contributed by atoms with van der Waals surface area (Å²) in [6, 6.07) is 5.89. The van der Waals surface area contributed by atoms with Gasteiger partial charge in [-0.1, -0.05) is 0 Å². The average Bonchev–Trinajstić information content (AvgIpc) is 3.31. The summed E-state index contributed by atoms with van der Waals surface area (Å²) in [7, 11) is 0. The van der Waals surface area contributed by atoms with Gasteiger partial charge in [0.2, 0.25) is 0 Å². The molecule has 1 fully saturated rings. The molecule has 1 aliphatic heterocycles. The zero-order valence-electron chi connectivity index (χ0n) is 15.9. The molecule has 0 spiro atoms. The molecule has 4 aromatic heterocycles. The van der Waals surface area contributed by atoms with E-state index >= 15 is 0 Å². The number of nitrogens with one attached hydrogen (secondary N) is 1. The van der Waals surface area contributed by atoms with Gasteiger partial charge in [0.05, 0.1) is 10.9 Å². The summed E-state index contributed by atoms with van der Waals surface area (Å²) < 4.78 is 3.66. The van der Waals surface area contributed by atoms with Crippen LogP contribution >= 0.6 is 0 Å². The molecule has 144 valence electrons. The molecule has 1 saturated heterocycles. The van der Waals surface area contributed by atoms with Crippen molar-refractivity contribution in [1.29, 1.82) is 0 Å². The minimum Gasteiger partial charge on any atom is -0.356 e. The number of hydrogen-bond donors (Lipinski definition) is 1. The molecule has 0 unspecified atom stereocenters. The average molecular weight is 377 g/mol. The number of anilines is 1. The smallest absolute Gasteiger partial charge is 0.330 e. The Labute approximate surface area is 161 Å². The lowest BCUT2D eigenvalue weighted by atomic mass is 9.96. The van der Waals surface area contributed by atoms with Gasteiger partial charge in [-0.2, -0.15) is 0 Å².